The molecular weight excluding hydrogens is 320 g/mol. The predicted molar refractivity (Wildman–Crippen MR) is 102 cm³/mol. The summed E-state index contributed by atoms with van der Waals surface area (Å²) in [5.41, 5.74) is 0. The second-order valence-electron chi connectivity index (χ2n) is 6.82. The molecule has 0 aliphatic heterocycles. The smallest absolute Gasteiger partial charge is 0.243 e. The fourth-order valence-electron chi connectivity index (χ4n) is 2.96. The SMILES string of the molecule is CC1CCCC(NC(=NCC(=O)N(C)C)NCCc2cccs2)C1. The monoisotopic (exact) mass is 350 g/mol. The minimum atomic E-state index is 0.0198. The van der Waals surface area contributed by atoms with Crippen molar-refractivity contribution < 1.29 is 4.79 Å². The van der Waals surface area contributed by atoms with Crippen LogP contribution in [0.5, 0.6) is 0 Å². The fourth-order valence-corrected chi connectivity index (χ4v) is 3.67. The van der Waals surface area contributed by atoms with Gasteiger partial charge in [0.15, 0.2) is 5.96 Å². The van der Waals surface area contributed by atoms with Crippen molar-refractivity contribution in [2.24, 2.45) is 10.9 Å². The van der Waals surface area contributed by atoms with Gasteiger partial charge in [0.1, 0.15) is 6.54 Å². The number of likely N-dealkylation sites (N-methyl/N-ethyl adjacent to an activating group) is 1. The Kier molecular flexibility index (Phi) is 7.56. The molecule has 0 bridgehead atoms. The molecule has 134 valence electrons. The lowest BCUT2D eigenvalue weighted by Gasteiger charge is -2.29. The summed E-state index contributed by atoms with van der Waals surface area (Å²) >= 11 is 1.77. The molecule has 0 spiro atoms. The molecule has 1 aliphatic rings. The molecule has 1 aliphatic carbocycles. The number of aliphatic imine (C=N–C) groups is 1. The molecule has 0 saturated heterocycles. The zero-order valence-electron chi connectivity index (χ0n) is 15.0. The standard InChI is InChI=1S/C18H30N4OS/c1-14-6-4-7-15(12-14)21-18(20-13-17(23)22(2)3)19-10-9-16-8-5-11-24-16/h5,8,11,14-15H,4,6-7,9-10,12-13H2,1-3H3,(H2,19,20,21). The Morgan fingerprint density at radius 1 is 1.42 bits per heavy atom. The quantitative estimate of drug-likeness (QED) is 0.612. The largest absolute Gasteiger partial charge is 0.356 e. The van der Waals surface area contributed by atoms with Crippen molar-refractivity contribution in [3.8, 4) is 0 Å². The van der Waals surface area contributed by atoms with Crippen molar-refractivity contribution in [2.45, 2.75) is 45.1 Å². The normalized spacial score (nSPS) is 21.4. The first-order chi connectivity index (χ1) is 11.5. The highest BCUT2D eigenvalue weighted by Gasteiger charge is 2.19. The molecule has 6 heteroatoms. The van der Waals surface area contributed by atoms with E-state index in [0.29, 0.717) is 6.04 Å². The van der Waals surface area contributed by atoms with Crippen LogP contribution in [0, 0.1) is 5.92 Å². The molecule has 1 heterocycles. The molecule has 1 aromatic rings. The van der Waals surface area contributed by atoms with E-state index in [9.17, 15) is 4.79 Å². The van der Waals surface area contributed by atoms with Crippen LogP contribution in [0.3, 0.4) is 0 Å². The van der Waals surface area contributed by atoms with E-state index in [4.69, 9.17) is 0 Å². The highest BCUT2D eigenvalue weighted by molar-refractivity contribution is 7.09. The van der Waals surface area contributed by atoms with E-state index >= 15 is 0 Å². The van der Waals surface area contributed by atoms with E-state index < -0.39 is 0 Å². The zero-order chi connectivity index (χ0) is 17.4. The number of nitrogens with one attached hydrogen (secondary N) is 2. The average molecular weight is 351 g/mol. The predicted octanol–water partition coefficient (Wildman–Crippen LogP) is 2.49. The lowest BCUT2D eigenvalue weighted by atomic mass is 9.87. The van der Waals surface area contributed by atoms with E-state index in [1.165, 1.54) is 30.6 Å². The fraction of sp³-hybridized carbons (Fsp3) is 0.667. The van der Waals surface area contributed by atoms with Gasteiger partial charge in [-0.3, -0.25) is 4.79 Å². The van der Waals surface area contributed by atoms with Gasteiger partial charge < -0.3 is 15.5 Å². The van der Waals surface area contributed by atoms with E-state index in [1.807, 2.05) is 0 Å². The van der Waals surface area contributed by atoms with Gasteiger partial charge in [-0.15, -0.1) is 11.3 Å². The number of nitrogens with zero attached hydrogens (tertiary/aromatic N) is 2. The van der Waals surface area contributed by atoms with Crippen molar-refractivity contribution >= 4 is 23.2 Å². The number of thiophene rings is 1. The molecule has 2 N–H and O–H groups in total. The highest BCUT2D eigenvalue weighted by Crippen LogP contribution is 2.23. The van der Waals surface area contributed by atoms with E-state index in [1.54, 1.807) is 30.3 Å². The highest BCUT2D eigenvalue weighted by atomic mass is 32.1. The summed E-state index contributed by atoms with van der Waals surface area (Å²) in [5.74, 6) is 1.54. The molecule has 0 aromatic carbocycles. The number of rotatable bonds is 6. The van der Waals surface area contributed by atoms with E-state index in [0.717, 1.165) is 24.8 Å². The van der Waals surface area contributed by atoms with Gasteiger partial charge in [-0.05, 0) is 36.6 Å². The third-order valence-corrected chi connectivity index (χ3v) is 5.33. The van der Waals surface area contributed by atoms with Crippen LogP contribution in [-0.2, 0) is 11.2 Å². The van der Waals surface area contributed by atoms with Crippen molar-refractivity contribution in [3.05, 3.63) is 22.4 Å². The van der Waals surface area contributed by atoms with Crippen molar-refractivity contribution in [1.82, 2.24) is 15.5 Å². The Morgan fingerprint density at radius 2 is 2.25 bits per heavy atom. The third kappa shape index (κ3) is 6.51. The first-order valence-electron chi connectivity index (χ1n) is 8.82. The molecule has 5 nitrogen and oxygen atoms in total. The molecule has 0 radical (unpaired) electrons. The Labute approximate surface area is 149 Å². The Hall–Kier alpha value is -1.56. The zero-order valence-corrected chi connectivity index (χ0v) is 15.9. The lowest BCUT2D eigenvalue weighted by molar-refractivity contribution is -0.127. The summed E-state index contributed by atoms with van der Waals surface area (Å²) in [5, 5.41) is 9.02. The Balaban J connectivity index is 1.89. The van der Waals surface area contributed by atoms with Gasteiger partial charge in [-0.2, -0.15) is 0 Å². The van der Waals surface area contributed by atoms with Crippen molar-refractivity contribution in [1.29, 1.82) is 0 Å². The van der Waals surface area contributed by atoms with Crippen LogP contribution in [-0.4, -0.2) is 50.0 Å². The number of hydrogen-bond acceptors (Lipinski definition) is 3. The molecule has 1 saturated carbocycles. The van der Waals surface area contributed by atoms with Gasteiger partial charge in [0.05, 0.1) is 0 Å². The summed E-state index contributed by atoms with van der Waals surface area (Å²) in [6, 6.07) is 4.68. The minimum absolute atomic E-state index is 0.0198. The second kappa shape index (κ2) is 9.67. The lowest BCUT2D eigenvalue weighted by Crippen LogP contribution is -2.46. The van der Waals surface area contributed by atoms with Gasteiger partial charge in [0, 0.05) is 31.6 Å². The summed E-state index contributed by atoms with van der Waals surface area (Å²) in [7, 11) is 3.52. The van der Waals surface area contributed by atoms with Gasteiger partial charge in [-0.25, -0.2) is 4.99 Å². The summed E-state index contributed by atoms with van der Waals surface area (Å²) in [6.45, 7) is 3.32. The molecule has 2 unspecified atom stereocenters. The van der Waals surface area contributed by atoms with Crippen LogP contribution >= 0.6 is 11.3 Å². The van der Waals surface area contributed by atoms with Gasteiger partial charge in [-0.1, -0.05) is 25.8 Å². The van der Waals surface area contributed by atoms with Gasteiger partial charge in [0.2, 0.25) is 5.91 Å². The first-order valence-corrected chi connectivity index (χ1v) is 9.70. The Bertz CT molecular complexity index is 527. The van der Waals surface area contributed by atoms with Crippen molar-refractivity contribution in [2.75, 3.05) is 27.2 Å². The number of guanidine groups is 1. The molecule has 1 amide bonds. The van der Waals surface area contributed by atoms with Crippen LogP contribution in [0.15, 0.2) is 22.5 Å². The second-order valence-corrected chi connectivity index (χ2v) is 7.85. The van der Waals surface area contributed by atoms with Gasteiger partial charge >= 0.3 is 0 Å². The Morgan fingerprint density at radius 3 is 2.92 bits per heavy atom. The molecular formula is C18H30N4OS. The maximum atomic E-state index is 11.8. The number of amides is 1. The third-order valence-electron chi connectivity index (χ3n) is 4.39. The van der Waals surface area contributed by atoms with Gasteiger partial charge in [0.25, 0.3) is 0 Å². The first kappa shape index (κ1) is 18.8. The summed E-state index contributed by atoms with van der Waals surface area (Å²) in [6.07, 6.45) is 5.90. The average Bonchev–Trinajstić information content (AvgIpc) is 3.05. The molecule has 24 heavy (non-hydrogen) atoms. The van der Waals surface area contributed by atoms with Crippen LogP contribution in [0.25, 0.3) is 0 Å². The molecule has 1 aromatic heterocycles. The van der Waals surface area contributed by atoms with Crippen LogP contribution < -0.4 is 10.6 Å². The van der Waals surface area contributed by atoms with Crippen molar-refractivity contribution in [3.63, 3.8) is 0 Å². The molecule has 1 fully saturated rings. The number of hydrogen-bond donors (Lipinski definition) is 2. The van der Waals surface area contributed by atoms with Crippen LogP contribution in [0.4, 0.5) is 0 Å². The minimum Gasteiger partial charge on any atom is -0.356 e. The maximum absolute atomic E-state index is 11.8. The van der Waals surface area contributed by atoms with Crippen LogP contribution in [0.1, 0.15) is 37.5 Å². The number of carbonyl (C=O) groups excluding carboxylic acids is 1. The maximum Gasteiger partial charge on any atom is 0.243 e. The van der Waals surface area contributed by atoms with Crippen LogP contribution in [0.2, 0.25) is 0 Å². The molecule has 2 atom stereocenters. The number of carbonyl (C=O) groups is 1. The molecule has 2 rings (SSSR count). The van der Waals surface area contributed by atoms with E-state index in [2.05, 4.69) is 40.1 Å². The summed E-state index contributed by atoms with van der Waals surface area (Å²) < 4.78 is 0. The summed E-state index contributed by atoms with van der Waals surface area (Å²) in [4.78, 5) is 19.2. The topological polar surface area (TPSA) is 56.7 Å². The van der Waals surface area contributed by atoms with E-state index in [-0.39, 0.29) is 12.5 Å².